The second kappa shape index (κ2) is 8.28. The van der Waals surface area contributed by atoms with E-state index < -0.39 is 5.97 Å². The Balaban J connectivity index is 1.91. The summed E-state index contributed by atoms with van der Waals surface area (Å²) in [6.45, 7) is 11.4. The van der Waals surface area contributed by atoms with E-state index in [1.807, 2.05) is 55.5 Å². The van der Waals surface area contributed by atoms with Gasteiger partial charge in [0, 0.05) is 11.3 Å². The number of carbonyl (C=O) groups is 1. The fourth-order valence-corrected chi connectivity index (χ4v) is 3.54. The molecule has 1 aromatic heterocycles. The van der Waals surface area contributed by atoms with Gasteiger partial charge in [-0.05, 0) is 31.0 Å². The minimum atomic E-state index is -0.709. The van der Waals surface area contributed by atoms with Crippen molar-refractivity contribution in [1.29, 1.82) is 0 Å². The third kappa shape index (κ3) is 3.49. The van der Waals surface area contributed by atoms with Gasteiger partial charge in [0.05, 0.1) is 35.8 Å². The highest BCUT2D eigenvalue weighted by Crippen LogP contribution is 2.34. The minimum absolute atomic E-state index is 0.188. The zero-order valence-corrected chi connectivity index (χ0v) is 17.2. The van der Waals surface area contributed by atoms with Crippen LogP contribution in [0.5, 0.6) is 0 Å². The molecule has 1 aliphatic rings. The Morgan fingerprint density at radius 3 is 2.48 bits per heavy atom. The predicted molar refractivity (Wildman–Crippen MR) is 118 cm³/mol. The number of aromatic nitrogens is 2. The van der Waals surface area contributed by atoms with Gasteiger partial charge in [0.25, 0.3) is 11.3 Å². The molecular formula is C24H20N4O3. The smallest absolute Gasteiger partial charge is 0.338 e. The van der Waals surface area contributed by atoms with Crippen LogP contribution >= 0.6 is 0 Å². The van der Waals surface area contributed by atoms with Crippen molar-refractivity contribution in [2.24, 2.45) is 4.99 Å². The summed E-state index contributed by atoms with van der Waals surface area (Å²) in [5.41, 5.74) is 3.29. The van der Waals surface area contributed by atoms with E-state index >= 15 is 0 Å². The lowest BCUT2D eigenvalue weighted by atomic mass is 9.99. The van der Waals surface area contributed by atoms with Crippen LogP contribution in [0, 0.1) is 13.5 Å². The van der Waals surface area contributed by atoms with Crippen molar-refractivity contribution in [3.8, 4) is 5.69 Å². The number of aryl methyl sites for hydroxylation is 1. The van der Waals surface area contributed by atoms with Crippen LogP contribution in [0.3, 0.4) is 0 Å². The number of H-pyrrole nitrogens is 1. The summed E-state index contributed by atoms with van der Waals surface area (Å²) in [4.78, 5) is 33.8. The zero-order chi connectivity index (χ0) is 22.0. The second-order valence-corrected chi connectivity index (χ2v) is 7.04. The summed E-state index contributed by atoms with van der Waals surface area (Å²) in [6, 6.07) is 16.5. The Morgan fingerprint density at radius 2 is 1.81 bits per heavy atom. The fraction of sp³-hybridized carbons (Fsp3) is 0.167. The highest BCUT2D eigenvalue weighted by atomic mass is 16.5. The fourth-order valence-electron chi connectivity index (χ4n) is 3.54. The summed E-state index contributed by atoms with van der Waals surface area (Å²) in [5.74, 6) is -0.709. The van der Waals surface area contributed by atoms with Gasteiger partial charge in [0.15, 0.2) is 0 Å². The third-order valence-corrected chi connectivity index (χ3v) is 4.95. The predicted octanol–water partition coefficient (Wildman–Crippen LogP) is 3.87. The highest BCUT2D eigenvalue weighted by Gasteiger charge is 2.30. The van der Waals surface area contributed by atoms with Gasteiger partial charge in [-0.25, -0.2) is 9.53 Å². The molecule has 2 aromatic carbocycles. The molecular weight excluding hydrogens is 392 g/mol. The van der Waals surface area contributed by atoms with Gasteiger partial charge in [-0.1, -0.05) is 49.4 Å². The van der Waals surface area contributed by atoms with Crippen LogP contribution in [0.2, 0.25) is 0 Å². The molecule has 1 aliphatic heterocycles. The number of para-hydroxylation sites is 1. The minimum Gasteiger partial charge on any atom is -0.471 e. The summed E-state index contributed by atoms with van der Waals surface area (Å²) in [6.07, 6.45) is 0.652. The molecule has 1 N–H and O–H groups in total. The van der Waals surface area contributed by atoms with E-state index in [0.717, 1.165) is 0 Å². The van der Waals surface area contributed by atoms with E-state index in [0.29, 0.717) is 40.2 Å². The molecule has 0 bridgehead atoms. The number of fused-ring (bicyclic) bond motifs is 1. The molecule has 0 amide bonds. The number of aromatic amines is 1. The van der Waals surface area contributed by atoms with Crippen molar-refractivity contribution < 1.29 is 9.53 Å². The molecule has 7 heteroatoms. The lowest BCUT2D eigenvalue weighted by molar-refractivity contribution is -0.138. The number of carbonyl (C=O) groups excluding carboxylic acids is 1. The maximum atomic E-state index is 13.3. The van der Waals surface area contributed by atoms with Gasteiger partial charge in [-0.2, -0.15) is 0 Å². The first kappa shape index (κ1) is 20.1. The number of esters is 1. The average molecular weight is 412 g/mol. The molecule has 7 nitrogen and oxygen atoms in total. The molecule has 0 saturated heterocycles. The molecule has 0 aliphatic carbocycles. The largest absolute Gasteiger partial charge is 0.471 e. The Labute approximate surface area is 179 Å². The van der Waals surface area contributed by atoms with Gasteiger partial charge in [-0.15, -0.1) is 0 Å². The monoisotopic (exact) mass is 412 g/mol. The molecule has 4 rings (SSSR count). The molecule has 3 aromatic rings. The van der Waals surface area contributed by atoms with E-state index in [9.17, 15) is 9.59 Å². The van der Waals surface area contributed by atoms with Crippen molar-refractivity contribution in [2.75, 3.05) is 6.61 Å². The van der Waals surface area contributed by atoms with E-state index in [2.05, 4.69) is 14.9 Å². The summed E-state index contributed by atoms with van der Waals surface area (Å²) < 4.78 is 6.63. The standard InChI is InChI=1S/C24H20N4O3/c1-4-14-31-24(30)22(25-3)21-18-13-9-8-12-17(18)20(26-21)19-15(2)27-28(23(19)29)16-10-6-5-7-11-16/h5-13,27H,4,14H2,1-2H3/b22-21+. The summed E-state index contributed by atoms with van der Waals surface area (Å²) >= 11 is 0. The number of nitrogens with zero attached hydrogens (tertiary/aromatic N) is 3. The van der Waals surface area contributed by atoms with Crippen LogP contribution in [0.15, 0.2) is 70.1 Å². The van der Waals surface area contributed by atoms with Crippen LogP contribution in [0.25, 0.3) is 16.2 Å². The van der Waals surface area contributed by atoms with Crippen LogP contribution in [-0.2, 0) is 9.53 Å². The average Bonchev–Trinajstić information content (AvgIpc) is 3.30. The molecule has 31 heavy (non-hydrogen) atoms. The molecule has 0 saturated carbocycles. The Kier molecular flexibility index (Phi) is 5.37. The highest BCUT2D eigenvalue weighted by molar-refractivity contribution is 6.22. The number of nitrogens with one attached hydrogen (secondary N) is 1. The SMILES string of the molecule is [C-]#[N+]/C(C(=O)OCCC)=C1/N=C(c2c(C)[nH]n(-c3ccccc3)c2=O)c2ccccc21. The van der Waals surface area contributed by atoms with E-state index in [1.54, 1.807) is 13.0 Å². The lowest BCUT2D eigenvalue weighted by Crippen LogP contribution is -2.20. The van der Waals surface area contributed by atoms with Crippen molar-refractivity contribution in [3.05, 3.63) is 104 Å². The van der Waals surface area contributed by atoms with E-state index in [1.165, 1.54) is 4.68 Å². The quantitative estimate of drug-likeness (QED) is 0.392. The number of benzene rings is 2. The van der Waals surface area contributed by atoms with Crippen LogP contribution < -0.4 is 5.56 Å². The van der Waals surface area contributed by atoms with E-state index in [-0.39, 0.29) is 23.6 Å². The number of hydrogen-bond donors (Lipinski definition) is 1. The van der Waals surface area contributed by atoms with Crippen molar-refractivity contribution in [1.82, 2.24) is 9.78 Å². The van der Waals surface area contributed by atoms with Gasteiger partial charge in [0.1, 0.15) is 0 Å². The normalized spacial score (nSPS) is 13.9. The first-order valence-corrected chi connectivity index (χ1v) is 9.91. The summed E-state index contributed by atoms with van der Waals surface area (Å²) in [5, 5.41) is 3.10. The van der Waals surface area contributed by atoms with Gasteiger partial charge in [-0.3, -0.25) is 19.7 Å². The van der Waals surface area contributed by atoms with Gasteiger partial charge >= 0.3 is 5.97 Å². The molecule has 0 fully saturated rings. The third-order valence-electron chi connectivity index (χ3n) is 4.95. The van der Waals surface area contributed by atoms with Crippen molar-refractivity contribution in [3.63, 3.8) is 0 Å². The van der Waals surface area contributed by atoms with E-state index in [4.69, 9.17) is 11.3 Å². The van der Waals surface area contributed by atoms with Crippen LogP contribution in [-0.4, -0.2) is 28.1 Å². The second-order valence-electron chi connectivity index (χ2n) is 7.04. The Morgan fingerprint density at radius 1 is 1.13 bits per heavy atom. The van der Waals surface area contributed by atoms with Crippen molar-refractivity contribution in [2.45, 2.75) is 20.3 Å². The molecule has 0 unspecified atom stereocenters. The number of hydrogen-bond acceptors (Lipinski definition) is 4. The molecule has 0 radical (unpaired) electrons. The molecule has 0 atom stereocenters. The first-order chi connectivity index (χ1) is 15.1. The van der Waals surface area contributed by atoms with Crippen molar-refractivity contribution >= 4 is 17.4 Å². The molecule has 0 spiro atoms. The van der Waals surface area contributed by atoms with Crippen LogP contribution in [0.1, 0.15) is 35.7 Å². The lowest BCUT2D eigenvalue weighted by Gasteiger charge is -2.04. The number of ether oxygens (including phenoxy) is 1. The first-order valence-electron chi connectivity index (χ1n) is 9.91. The number of rotatable bonds is 5. The van der Waals surface area contributed by atoms with Gasteiger partial charge < -0.3 is 4.74 Å². The summed E-state index contributed by atoms with van der Waals surface area (Å²) in [7, 11) is 0. The maximum Gasteiger partial charge on any atom is 0.338 e. The Bertz CT molecular complexity index is 1320. The Hall–Kier alpha value is -4.18. The zero-order valence-electron chi connectivity index (χ0n) is 17.2. The van der Waals surface area contributed by atoms with Gasteiger partial charge in [0.2, 0.25) is 0 Å². The molecule has 154 valence electrons. The topological polar surface area (TPSA) is 80.8 Å². The van der Waals surface area contributed by atoms with Crippen LogP contribution in [0.4, 0.5) is 0 Å². The maximum absolute atomic E-state index is 13.3. The molecule has 2 heterocycles. The number of aliphatic imine (C=N–C) groups is 1.